The molecule has 0 fully saturated rings. The van der Waals surface area contributed by atoms with Crippen molar-refractivity contribution in [3.63, 3.8) is 0 Å². The zero-order chi connectivity index (χ0) is 20.4. The number of halogens is 1. The van der Waals surface area contributed by atoms with Crippen molar-refractivity contribution in [2.24, 2.45) is 10.9 Å². The van der Waals surface area contributed by atoms with E-state index in [9.17, 15) is 14.0 Å². The fourth-order valence-corrected chi connectivity index (χ4v) is 3.80. The Morgan fingerprint density at radius 1 is 1.21 bits per heavy atom. The van der Waals surface area contributed by atoms with Crippen LogP contribution in [0, 0.1) is 11.7 Å². The molecule has 0 aromatic heterocycles. The number of amides is 1. The van der Waals surface area contributed by atoms with E-state index in [4.69, 9.17) is 9.73 Å². The van der Waals surface area contributed by atoms with Gasteiger partial charge in [-0.15, -0.1) is 0 Å². The number of ether oxygens (including phenoxy) is 1. The summed E-state index contributed by atoms with van der Waals surface area (Å²) in [7, 11) is 0. The Hall–Kier alpha value is -3.22. The fourth-order valence-electron chi connectivity index (χ4n) is 3.80. The van der Waals surface area contributed by atoms with Crippen LogP contribution < -0.4 is 5.32 Å². The normalized spacial score (nSPS) is 21.1. The number of fused-ring (bicyclic) bond motifs is 1. The number of nitrogens with zero attached hydrogens (tertiary/aromatic N) is 2. The minimum atomic E-state index is -1.11. The molecule has 2 heterocycles. The number of benzene rings is 2. The van der Waals surface area contributed by atoms with Crippen LogP contribution in [0.4, 0.5) is 4.39 Å². The van der Waals surface area contributed by atoms with E-state index in [1.807, 2.05) is 17.0 Å². The van der Waals surface area contributed by atoms with E-state index in [1.165, 1.54) is 23.3 Å². The number of carbonyl (C=O) groups is 2. The number of aliphatic imine (C=N–C) groups is 1. The molecular formula is C22H22FN3O3. The first-order valence-corrected chi connectivity index (χ1v) is 9.69. The minimum Gasteiger partial charge on any atom is -0.465 e. The first kappa shape index (κ1) is 19.1. The van der Waals surface area contributed by atoms with E-state index in [0.29, 0.717) is 24.6 Å². The van der Waals surface area contributed by atoms with Crippen molar-refractivity contribution in [2.75, 3.05) is 13.2 Å². The Morgan fingerprint density at radius 3 is 2.66 bits per heavy atom. The predicted molar refractivity (Wildman–Crippen MR) is 105 cm³/mol. The molecule has 2 atom stereocenters. The minimum absolute atomic E-state index is 0.165. The summed E-state index contributed by atoms with van der Waals surface area (Å²) in [4.78, 5) is 32.0. The van der Waals surface area contributed by atoms with Crippen LogP contribution in [0.25, 0.3) is 0 Å². The van der Waals surface area contributed by atoms with Gasteiger partial charge in [-0.05, 0) is 42.2 Å². The topological polar surface area (TPSA) is 71.0 Å². The van der Waals surface area contributed by atoms with E-state index in [2.05, 4.69) is 17.4 Å². The Morgan fingerprint density at radius 2 is 1.93 bits per heavy atom. The average molecular weight is 395 g/mol. The molecule has 2 aliphatic rings. The van der Waals surface area contributed by atoms with Crippen LogP contribution in [-0.2, 0) is 27.3 Å². The van der Waals surface area contributed by atoms with E-state index >= 15 is 0 Å². The summed E-state index contributed by atoms with van der Waals surface area (Å²) in [5, 5.41) is 2.78. The van der Waals surface area contributed by atoms with Crippen LogP contribution in [0.3, 0.4) is 0 Å². The molecule has 0 radical (unpaired) electrons. The Labute approximate surface area is 168 Å². The Kier molecular flexibility index (Phi) is 5.29. The molecule has 7 heteroatoms. The summed E-state index contributed by atoms with van der Waals surface area (Å²) in [5.41, 5.74) is 3.06. The molecule has 2 aromatic rings. The van der Waals surface area contributed by atoms with Crippen molar-refractivity contribution < 1.29 is 18.7 Å². The fraction of sp³-hybridized carbons (Fsp3) is 0.318. The van der Waals surface area contributed by atoms with Gasteiger partial charge in [-0.25, -0.2) is 9.38 Å². The van der Waals surface area contributed by atoms with Gasteiger partial charge in [-0.2, -0.15) is 0 Å². The molecule has 4 rings (SSSR count). The number of nitrogens with one attached hydrogen (secondary N) is 1. The average Bonchev–Trinajstić information content (AvgIpc) is 2.73. The van der Waals surface area contributed by atoms with Crippen LogP contribution >= 0.6 is 0 Å². The van der Waals surface area contributed by atoms with E-state index in [-0.39, 0.29) is 6.61 Å². The number of guanidine groups is 1. The number of rotatable bonds is 3. The second-order valence-electron chi connectivity index (χ2n) is 7.11. The molecular weight excluding hydrogens is 373 g/mol. The summed E-state index contributed by atoms with van der Waals surface area (Å²) in [5.74, 6) is -2.16. The zero-order valence-electron chi connectivity index (χ0n) is 16.1. The SMILES string of the molecule is CCOC(=O)[C@@H]1C(=O)NC(N2CCc3ccccc3C2)=N[C@@H]1c1ccc(F)cc1. The summed E-state index contributed by atoms with van der Waals surface area (Å²) in [6.45, 7) is 3.18. The van der Waals surface area contributed by atoms with Crippen LogP contribution in [0.5, 0.6) is 0 Å². The van der Waals surface area contributed by atoms with Gasteiger partial charge in [0.05, 0.1) is 6.61 Å². The molecule has 150 valence electrons. The molecule has 2 aliphatic heterocycles. The lowest BCUT2D eigenvalue weighted by Crippen LogP contribution is -2.53. The maximum absolute atomic E-state index is 13.4. The highest BCUT2D eigenvalue weighted by atomic mass is 19.1. The summed E-state index contributed by atoms with van der Waals surface area (Å²) in [6, 6.07) is 13.1. The van der Waals surface area contributed by atoms with Crippen molar-refractivity contribution in [1.29, 1.82) is 0 Å². The molecule has 2 aromatic carbocycles. The van der Waals surface area contributed by atoms with Crippen molar-refractivity contribution in [3.05, 3.63) is 71.0 Å². The molecule has 0 spiro atoms. The smallest absolute Gasteiger partial charge is 0.321 e. The third kappa shape index (κ3) is 3.85. The lowest BCUT2D eigenvalue weighted by Gasteiger charge is -2.36. The number of hydrogen-bond acceptors (Lipinski definition) is 5. The first-order valence-electron chi connectivity index (χ1n) is 9.69. The highest BCUT2D eigenvalue weighted by Crippen LogP contribution is 2.31. The van der Waals surface area contributed by atoms with Crippen molar-refractivity contribution in [2.45, 2.75) is 25.9 Å². The highest BCUT2D eigenvalue weighted by molar-refractivity contribution is 6.08. The third-order valence-electron chi connectivity index (χ3n) is 5.28. The standard InChI is InChI=1S/C22H22FN3O3/c1-2-29-21(28)18-19(15-7-9-17(23)10-8-15)24-22(25-20(18)27)26-12-11-14-5-3-4-6-16(14)13-26/h3-10,18-19H,2,11-13H2,1H3,(H,24,25,27)/t18-,19+/m0/s1. The van der Waals surface area contributed by atoms with E-state index in [0.717, 1.165) is 6.42 Å². The van der Waals surface area contributed by atoms with Crippen molar-refractivity contribution in [3.8, 4) is 0 Å². The van der Waals surface area contributed by atoms with Gasteiger partial charge >= 0.3 is 5.97 Å². The van der Waals surface area contributed by atoms with Gasteiger partial charge in [0.25, 0.3) is 0 Å². The summed E-state index contributed by atoms with van der Waals surface area (Å²) >= 11 is 0. The van der Waals surface area contributed by atoms with Crippen molar-refractivity contribution in [1.82, 2.24) is 10.2 Å². The molecule has 0 saturated carbocycles. The zero-order valence-corrected chi connectivity index (χ0v) is 16.1. The Balaban J connectivity index is 1.68. The third-order valence-corrected chi connectivity index (χ3v) is 5.28. The molecule has 1 N–H and O–H groups in total. The van der Waals surface area contributed by atoms with Crippen molar-refractivity contribution >= 4 is 17.8 Å². The van der Waals surface area contributed by atoms with Gasteiger partial charge in [0.2, 0.25) is 11.9 Å². The van der Waals surface area contributed by atoms with Gasteiger partial charge in [-0.3, -0.25) is 14.9 Å². The maximum atomic E-state index is 13.4. The summed E-state index contributed by atoms with van der Waals surface area (Å²) < 4.78 is 18.5. The van der Waals surface area contributed by atoms with Crippen LogP contribution in [0.15, 0.2) is 53.5 Å². The van der Waals surface area contributed by atoms with Crippen LogP contribution in [0.1, 0.15) is 29.7 Å². The first-order chi connectivity index (χ1) is 14.1. The molecule has 0 saturated heterocycles. The predicted octanol–water partition coefficient (Wildman–Crippen LogP) is 2.59. The monoisotopic (exact) mass is 395 g/mol. The second kappa shape index (κ2) is 8.03. The van der Waals surface area contributed by atoms with Gasteiger partial charge in [0.15, 0.2) is 5.92 Å². The van der Waals surface area contributed by atoms with E-state index in [1.54, 1.807) is 19.1 Å². The van der Waals surface area contributed by atoms with Gasteiger partial charge < -0.3 is 9.64 Å². The lowest BCUT2D eigenvalue weighted by atomic mass is 9.91. The molecule has 1 amide bonds. The van der Waals surface area contributed by atoms with Gasteiger partial charge in [0, 0.05) is 13.1 Å². The van der Waals surface area contributed by atoms with Gasteiger partial charge in [-0.1, -0.05) is 36.4 Å². The highest BCUT2D eigenvalue weighted by Gasteiger charge is 2.42. The van der Waals surface area contributed by atoms with Crippen LogP contribution in [0.2, 0.25) is 0 Å². The molecule has 0 unspecified atom stereocenters. The Bertz CT molecular complexity index is 958. The molecule has 0 aliphatic carbocycles. The number of esters is 1. The quantitative estimate of drug-likeness (QED) is 0.641. The molecule has 0 bridgehead atoms. The molecule has 6 nitrogen and oxygen atoms in total. The largest absolute Gasteiger partial charge is 0.465 e. The van der Waals surface area contributed by atoms with E-state index < -0.39 is 29.7 Å². The lowest BCUT2D eigenvalue weighted by molar-refractivity contribution is -0.153. The van der Waals surface area contributed by atoms with Crippen LogP contribution in [-0.4, -0.2) is 35.9 Å². The van der Waals surface area contributed by atoms with Gasteiger partial charge in [0.1, 0.15) is 11.9 Å². The molecule has 29 heavy (non-hydrogen) atoms. The second-order valence-corrected chi connectivity index (χ2v) is 7.11. The number of carbonyl (C=O) groups excluding carboxylic acids is 2. The maximum Gasteiger partial charge on any atom is 0.321 e. The number of hydrogen-bond donors (Lipinski definition) is 1. The summed E-state index contributed by atoms with van der Waals surface area (Å²) in [6.07, 6.45) is 0.841.